The number of rotatable bonds is 4. The van der Waals surface area contributed by atoms with Crippen molar-refractivity contribution in [3.8, 4) is 0 Å². The molecule has 2 N–H and O–H groups in total. The Labute approximate surface area is 95.5 Å². The van der Waals surface area contributed by atoms with Gasteiger partial charge in [-0.15, -0.1) is 0 Å². The average Bonchev–Trinajstić information content (AvgIpc) is 2.80. The lowest BCUT2D eigenvalue weighted by atomic mass is 9.91. The fourth-order valence-corrected chi connectivity index (χ4v) is 2.32. The Balaban J connectivity index is 2.13. The van der Waals surface area contributed by atoms with E-state index in [1.165, 1.54) is 11.1 Å². The number of carboxylic acid groups (broad SMARTS) is 1. The second kappa shape index (κ2) is 5.12. The molecular formula is C13H17NO2. The molecule has 0 bridgehead atoms. The second-order valence-electron chi connectivity index (χ2n) is 4.28. The van der Waals surface area contributed by atoms with E-state index in [2.05, 4.69) is 17.4 Å². The lowest BCUT2D eigenvalue weighted by molar-refractivity contribution is -0.136. The fraction of sp³-hybridized carbons (Fsp3) is 0.462. The highest BCUT2D eigenvalue weighted by atomic mass is 16.4. The van der Waals surface area contributed by atoms with Gasteiger partial charge in [-0.1, -0.05) is 24.3 Å². The maximum absolute atomic E-state index is 10.6. The predicted octanol–water partition coefficient (Wildman–Crippen LogP) is 1.78. The number of aliphatic carboxylic acids is 1. The summed E-state index contributed by atoms with van der Waals surface area (Å²) in [6, 6.07) is 8.21. The van der Waals surface area contributed by atoms with E-state index in [1.807, 2.05) is 12.1 Å². The first kappa shape index (κ1) is 11.1. The normalized spacial score (nSPS) is 19.9. The van der Waals surface area contributed by atoms with E-state index in [1.54, 1.807) is 0 Å². The third-order valence-corrected chi connectivity index (χ3v) is 3.16. The van der Waals surface area contributed by atoms with E-state index < -0.39 is 5.97 Å². The first-order valence-corrected chi connectivity index (χ1v) is 5.77. The zero-order valence-corrected chi connectivity index (χ0v) is 9.28. The monoisotopic (exact) mass is 219 g/mol. The highest BCUT2D eigenvalue weighted by Gasteiger charge is 2.19. The predicted molar refractivity (Wildman–Crippen MR) is 62.6 cm³/mol. The molecule has 1 aliphatic heterocycles. The molecule has 0 aliphatic carbocycles. The first-order chi connectivity index (χ1) is 7.77. The largest absolute Gasteiger partial charge is 0.481 e. The van der Waals surface area contributed by atoms with Crippen LogP contribution in [0.1, 0.15) is 29.9 Å². The molecule has 1 aromatic carbocycles. The molecule has 1 heterocycles. The van der Waals surface area contributed by atoms with Crippen LogP contribution in [0.25, 0.3) is 0 Å². The summed E-state index contributed by atoms with van der Waals surface area (Å²) in [5.74, 6) is -0.163. The smallest absolute Gasteiger partial charge is 0.303 e. The van der Waals surface area contributed by atoms with Crippen LogP contribution in [0.2, 0.25) is 0 Å². The lowest BCUT2D eigenvalue weighted by Gasteiger charge is -2.14. The van der Waals surface area contributed by atoms with Crippen LogP contribution in [0.3, 0.4) is 0 Å². The minimum Gasteiger partial charge on any atom is -0.481 e. The summed E-state index contributed by atoms with van der Waals surface area (Å²) in [4.78, 5) is 10.6. The number of carbonyl (C=O) groups is 1. The summed E-state index contributed by atoms with van der Waals surface area (Å²) in [6.45, 7) is 2.09. The standard InChI is InChI=1S/C13H17NO2/c15-13(16)6-5-10-3-1-2-4-12(10)11-7-8-14-9-11/h1-4,11,14H,5-9H2,(H,15,16). The molecule has 0 amide bonds. The van der Waals surface area contributed by atoms with Crippen molar-refractivity contribution in [3.63, 3.8) is 0 Å². The van der Waals surface area contributed by atoms with Crippen LogP contribution < -0.4 is 5.32 Å². The first-order valence-electron chi connectivity index (χ1n) is 5.77. The Morgan fingerprint density at radius 1 is 1.44 bits per heavy atom. The summed E-state index contributed by atoms with van der Waals surface area (Å²) in [6.07, 6.45) is 2.02. The molecule has 0 radical (unpaired) electrons. The summed E-state index contributed by atoms with van der Waals surface area (Å²) >= 11 is 0. The van der Waals surface area contributed by atoms with Crippen molar-refractivity contribution in [1.29, 1.82) is 0 Å². The van der Waals surface area contributed by atoms with Crippen molar-refractivity contribution in [2.24, 2.45) is 0 Å². The molecule has 1 unspecified atom stereocenters. The van der Waals surface area contributed by atoms with Gasteiger partial charge < -0.3 is 10.4 Å². The summed E-state index contributed by atoms with van der Waals surface area (Å²) in [5, 5.41) is 12.1. The fourth-order valence-electron chi connectivity index (χ4n) is 2.32. The number of carboxylic acids is 1. The van der Waals surface area contributed by atoms with Crippen molar-refractivity contribution >= 4 is 5.97 Å². The van der Waals surface area contributed by atoms with E-state index in [4.69, 9.17) is 5.11 Å². The molecule has 3 heteroatoms. The number of benzene rings is 1. The topological polar surface area (TPSA) is 49.3 Å². The highest BCUT2D eigenvalue weighted by Crippen LogP contribution is 2.26. The van der Waals surface area contributed by atoms with Crippen molar-refractivity contribution in [2.45, 2.75) is 25.2 Å². The molecule has 1 atom stereocenters. The number of hydrogen-bond donors (Lipinski definition) is 2. The Hall–Kier alpha value is -1.35. The van der Waals surface area contributed by atoms with Gasteiger partial charge in [0.05, 0.1) is 0 Å². The van der Waals surface area contributed by atoms with Gasteiger partial charge in [0.2, 0.25) is 0 Å². The van der Waals surface area contributed by atoms with Gasteiger partial charge in [0.15, 0.2) is 0 Å². The molecule has 0 spiro atoms. The van der Waals surface area contributed by atoms with Crippen molar-refractivity contribution in [2.75, 3.05) is 13.1 Å². The molecule has 86 valence electrons. The Morgan fingerprint density at radius 3 is 2.94 bits per heavy atom. The van der Waals surface area contributed by atoms with Crippen LogP contribution in [-0.4, -0.2) is 24.2 Å². The molecular weight excluding hydrogens is 202 g/mol. The van der Waals surface area contributed by atoms with Crippen LogP contribution in [0, 0.1) is 0 Å². The Kier molecular flexibility index (Phi) is 3.57. The van der Waals surface area contributed by atoms with E-state index in [-0.39, 0.29) is 6.42 Å². The number of hydrogen-bond acceptors (Lipinski definition) is 2. The molecule has 0 aromatic heterocycles. The van der Waals surface area contributed by atoms with Crippen LogP contribution >= 0.6 is 0 Å². The number of aryl methyl sites for hydroxylation is 1. The van der Waals surface area contributed by atoms with Crippen LogP contribution in [0.15, 0.2) is 24.3 Å². The zero-order valence-electron chi connectivity index (χ0n) is 9.28. The van der Waals surface area contributed by atoms with E-state index >= 15 is 0 Å². The van der Waals surface area contributed by atoms with Gasteiger partial charge in [-0.2, -0.15) is 0 Å². The Bertz CT molecular complexity index is 370. The summed E-state index contributed by atoms with van der Waals surface area (Å²) in [5.41, 5.74) is 2.52. The van der Waals surface area contributed by atoms with Crippen LogP contribution in [0.4, 0.5) is 0 Å². The van der Waals surface area contributed by atoms with E-state index in [0.29, 0.717) is 12.3 Å². The van der Waals surface area contributed by atoms with Crippen molar-refractivity contribution in [3.05, 3.63) is 35.4 Å². The Morgan fingerprint density at radius 2 is 2.25 bits per heavy atom. The minimum atomic E-state index is -0.723. The van der Waals surface area contributed by atoms with E-state index in [9.17, 15) is 4.79 Å². The minimum absolute atomic E-state index is 0.219. The zero-order chi connectivity index (χ0) is 11.4. The molecule has 1 saturated heterocycles. The van der Waals surface area contributed by atoms with E-state index in [0.717, 1.165) is 19.5 Å². The maximum atomic E-state index is 10.6. The van der Waals surface area contributed by atoms with Crippen LogP contribution in [-0.2, 0) is 11.2 Å². The quantitative estimate of drug-likeness (QED) is 0.811. The second-order valence-corrected chi connectivity index (χ2v) is 4.28. The molecule has 0 saturated carbocycles. The highest BCUT2D eigenvalue weighted by molar-refractivity contribution is 5.67. The van der Waals surface area contributed by atoms with Gasteiger partial charge in [-0.3, -0.25) is 4.79 Å². The molecule has 1 aliphatic rings. The third-order valence-electron chi connectivity index (χ3n) is 3.16. The molecule has 16 heavy (non-hydrogen) atoms. The molecule has 1 aromatic rings. The number of nitrogens with one attached hydrogen (secondary N) is 1. The SMILES string of the molecule is O=C(O)CCc1ccccc1C1CCNC1. The summed E-state index contributed by atoms with van der Waals surface area (Å²) < 4.78 is 0. The summed E-state index contributed by atoms with van der Waals surface area (Å²) in [7, 11) is 0. The van der Waals surface area contributed by atoms with Gasteiger partial charge in [0.25, 0.3) is 0 Å². The van der Waals surface area contributed by atoms with Gasteiger partial charge in [-0.05, 0) is 36.4 Å². The maximum Gasteiger partial charge on any atom is 0.303 e. The average molecular weight is 219 g/mol. The third kappa shape index (κ3) is 2.61. The van der Waals surface area contributed by atoms with Crippen molar-refractivity contribution < 1.29 is 9.90 Å². The van der Waals surface area contributed by atoms with Gasteiger partial charge in [0.1, 0.15) is 0 Å². The van der Waals surface area contributed by atoms with Gasteiger partial charge in [-0.25, -0.2) is 0 Å². The van der Waals surface area contributed by atoms with Gasteiger partial charge in [0, 0.05) is 13.0 Å². The molecule has 3 nitrogen and oxygen atoms in total. The van der Waals surface area contributed by atoms with Gasteiger partial charge >= 0.3 is 5.97 Å². The van der Waals surface area contributed by atoms with Crippen molar-refractivity contribution in [1.82, 2.24) is 5.32 Å². The lowest BCUT2D eigenvalue weighted by Crippen LogP contribution is -2.10. The molecule has 1 fully saturated rings. The van der Waals surface area contributed by atoms with Crippen LogP contribution in [0.5, 0.6) is 0 Å². The molecule has 2 rings (SSSR count).